The predicted octanol–water partition coefficient (Wildman–Crippen LogP) is 3.41. The summed E-state index contributed by atoms with van der Waals surface area (Å²) in [5.74, 6) is -0.179. The van der Waals surface area contributed by atoms with E-state index in [0.717, 1.165) is 30.5 Å². The van der Waals surface area contributed by atoms with Crippen LogP contribution in [-0.4, -0.2) is 14.7 Å². The Balaban J connectivity index is 2.42. The fourth-order valence-corrected chi connectivity index (χ4v) is 2.65. The Morgan fingerprint density at radius 1 is 1.28 bits per heavy atom. The lowest BCUT2D eigenvalue weighted by molar-refractivity contribution is 0.602. The smallest absolute Gasteiger partial charge is 0.145 e. The highest BCUT2D eigenvalue weighted by Gasteiger charge is 2.23. The first-order valence-corrected chi connectivity index (χ1v) is 7.27. The van der Waals surface area contributed by atoms with Crippen molar-refractivity contribution in [2.24, 2.45) is 4.40 Å². The van der Waals surface area contributed by atoms with Crippen molar-refractivity contribution in [1.82, 2.24) is 0 Å². The summed E-state index contributed by atoms with van der Waals surface area (Å²) in [5.41, 5.74) is 2.33. The molecule has 2 nitrogen and oxygen atoms in total. The van der Waals surface area contributed by atoms with Gasteiger partial charge < -0.3 is 0 Å². The van der Waals surface area contributed by atoms with E-state index < -0.39 is 11.0 Å². The maximum absolute atomic E-state index is 13.7. The number of halogens is 1. The molecule has 2 rings (SSSR count). The molecule has 4 heteroatoms. The highest BCUT2D eigenvalue weighted by molar-refractivity contribution is 7.85. The molecule has 0 bridgehead atoms. The molecule has 0 fully saturated rings. The number of hydrogen-bond donors (Lipinski definition) is 0. The fourth-order valence-electron chi connectivity index (χ4n) is 1.98. The van der Waals surface area contributed by atoms with E-state index >= 15 is 0 Å². The van der Waals surface area contributed by atoms with Gasteiger partial charge >= 0.3 is 0 Å². The number of fused-ring (bicyclic) bond motifs is 1. The molecular weight excluding hydrogens is 249 g/mol. The van der Waals surface area contributed by atoms with Crippen LogP contribution in [0.2, 0.25) is 0 Å². The van der Waals surface area contributed by atoms with Crippen molar-refractivity contribution in [2.45, 2.75) is 44.8 Å². The van der Waals surface area contributed by atoms with Crippen LogP contribution in [0, 0.1) is 5.82 Å². The Hall–Kier alpha value is -1.03. The summed E-state index contributed by atoms with van der Waals surface area (Å²) in [6.07, 6.45) is 2.38. The van der Waals surface area contributed by atoms with E-state index in [2.05, 4.69) is 4.40 Å². The van der Waals surface area contributed by atoms with Crippen molar-refractivity contribution in [3.8, 4) is 0 Å². The van der Waals surface area contributed by atoms with Crippen LogP contribution >= 0.6 is 0 Å². The van der Waals surface area contributed by atoms with Gasteiger partial charge in [0.25, 0.3) is 0 Å². The Labute approximate surface area is 110 Å². The van der Waals surface area contributed by atoms with Gasteiger partial charge in [-0.3, -0.25) is 0 Å². The number of benzene rings is 1. The Morgan fingerprint density at radius 3 is 2.67 bits per heavy atom. The third kappa shape index (κ3) is 2.69. The molecule has 0 heterocycles. The normalized spacial score (nSPS) is 19.7. The molecule has 0 spiro atoms. The largest absolute Gasteiger partial charge is 0.234 e. The molecule has 18 heavy (non-hydrogen) atoms. The fraction of sp³-hybridized carbons (Fsp3) is 0.500. The second kappa shape index (κ2) is 4.92. The van der Waals surface area contributed by atoms with Gasteiger partial charge in [-0.25, -0.2) is 8.60 Å². The molecule has 0 saturated heterocycles. The predicted molar refractivity (Wildman–Crippen MR) is 73.8 cm³/mol. The molecule has 1 aromatic rings. The van der Waals surface area contributed by atoms with Gasteiger partial charge in [0.1, 0.15) is 16.8 Å². The third-order valence-electron chi connectivity index (χ3n) is 2.99. The first kappa shape index (κ1) is 13.4. The van der Waals surface area contributed by atoms with Crippen molar-refractivity contribution >= 4 is 16.7 Å². The maximum Gasteiger partial charge on any atom is 0.145 e. The van der Waals surface area contributed by atoms with Gasteiger partial charge in [0.05, 0.1) is 10.5 Å². The third-order valence-corrected chi connectivity index (χ3v) is 4.42. The van der Waals surface area contributed by atoms with Crippen LogP contribution in [0.1, 0.15) is 44.7 Å². The van der Waals surface area contributed by atoms with Gasteiger partial charge in [-0.1, -0.05) is 12.1 Å². The van der Waals surface area contributed by atoms with Crippen LogP contribution < -0.4 is 0 Å². The highest BCUT2D eigenvalue weighted by atomic mass is 32.2. The number of rotatable bonds is 1. The zero-order valence-electron chi connectivity index (χ0n) is 11.0. The van der Waals surface area contributed by atoms with Gasteiger partial charge in [0, 0.05) is 5.56 Å². The van der Waals surface area contributed by atoms with Crippen LogP contribution in [0.25, 0.3) is 0 Å². The molecule has 0 radical (unpaired) electrons. The van der Waals surface area contributed by atoms with Crippen LogP contribution in [0.4, 0.5) is 4.39 Å². The molecule has 0 N–H and O–H groups in total. The van der Waals surface area contributed by atoms with E-state index in [9.17, 15) is 8.60 Å². The average molecular weight is 267 g/mol. The molecule has 1 atom stereocenters. The van der Waals surface area contributed by atoms with Gasteiger partial charge in [-0.05, 0) is 51.7 Å². The topological polar surface area (TPSA) is 29.4 Å². The monoisotopic (exact) mass is 267 g/mol. The summed E-state index contributed by atoms with van der Waals surface area (Å²) in [7, 11) is -1.28. The maximum atomic E-state index is 13.7. The Kier molecular flexibility index (Phi) is 3.66. The zero-order chi connectivity index (χ0) is 13.3. The lowest BCUT2D eigenvalue weighted by Gasteiger charge is -2.20. The van der Waals surface area contributed by atoms with Gasteiger partial charge in [0.15, 0.2) is 0 Å². The van der Waals surface area contributed by atoms with Gasteiger partial charge in [-0.2, -0.15) is 4.40 Å². The molecule has 1 aliphatic carbocycles. The highest BCUT2D eigenvalue weighted by Crippen LogP contribution is 2.25. The zero-order valence-corrected chi connectivity index (χ0v) is 11.8. The first-order valence-electron chi connectivity index (χ1n) is 6.17. The summed E-state index contributed by atoms with van der Waals surface area (Å²) in [5, 5.41) is 0. The SMILES string of the molecule is CC(C)(C)S(=O)/N=C1\CCCc2c(F)cccc21. The van der Waals surface area contributed by atoms with Crippen LogP contribution in [0.15, 0.2) is 22.6 Å². The molecule has 0 aromatic heterocycles. The quantitative estimate of drug-likeness (QED) is 0.766. The lowest BCUT2D eigenvalue weighted by atomic mass is 9.90. The van der Waals surface area contributed by atoms with Crippen molar-refractivity contribution in [3.63, 3.8) is 0 Å². The first-order chi connectivity index (χ1) is 8.39. The van der Waals surface area contributed by atoms with Gasteiger partial charge in [-0.15, -0.1) is 0 Å². The second-order valence-electron chi connectivity index (χ2n) is 5.52. The van der Waals surface area contributed by atoms with E-state index in [1.807, 2.05) is 26.8 Å². The minimum Gasteiger partial charge on any atom is -0.234 e. The Morgan fingerprint density at radius 2 is 2.00 bits per heavy atom. The van der Waals surface area contributed by atoms with E-state index in [1.54, 1.807) is 6.07 Å². The number of hydrogen-bond acceptors (Lipinski definition) is 1. The van der Waals surface area contributed by atoms with Crippen LogP contribution in [0.5, 0.6) is 0 Å². The van der Waals surface area contributed by atoms with E-state index in [0.29, 0.717) is 5.56 Å². The Bertz CT molecular complexity index is 517. The summed E-state index contributed by atoms with van der Waals surface area (Å²) in [6.45, 7) is 5.67. The molecular formula is C14H18FNOS. The van der Waals surface area contributed by atoms with E-state index in [4.69, 9.17) is 0 Å². The van der Waals surface area contributed by atoms with Gasteiger partial charge in [0.2, 0.25) is 0 Å². The standard InChI is InChI=1S/C14H18FNOS/c1-14(2,3)18(17)16-13-9-5-6-10-11(13)7-4-8-12(10)15/h4,7-8H,5-6,9H2,1-3H3/b16-13+. The van der Waals surface area contributed by atoms with Crippen molar-refractivity contribution in [1.29, 1.82) is 0 Å². The number of nitrogens with zero attached hydrogens (tertiary/aromatic N) is 1. The van der Waals surface area contributed by atoms with E-state index in [1.165, 1.54) is 6.07 Å². The van der Waals surface area contributed by atoms with Crippen molar-refractivity contribution in [3.05, 3.63) is 35.1 Å². The molecule has 1 aliphatic rings. The average Bonchev–Trinajstić information content (AvgIpc) is 2.29. The molecule has 1 aromatic carbocycles. The van der Waals surface area contributed by atoms with Crippen molar-refractivity contribution < 1.29 is 8.60 Å². The minimum absolute atomic E-state index is 0.179. The molecule has 0 amide bonds. The summed E-state index contributed by atoms with van der Waals surface area (Å²) >= 11 is 0. The van der Waals surface area contributed by atoms with Crippen molar-refractivity contribution in [2.75, 3.05) is 0 Å². The lowest BCUT2D eigenvalue weighted by Crippen LogP contribution is -2.22. The molecule has 1 unspecified atom stereocenters. The second-order valence-corrected chi connectivity index (χ2v) is 7.42. The molecule has 0 saturated carbocycles. The molecule has 98 valence electrons. The minimum atomic E-state index is -1.28. The van der Waals surface area contributed by atoms with Crippen LogP contribution in [0.3, 0.4) is 0 Å². The summed E-state index contributed by atoms with van der Waals surface area (Å²) in [4.78, 5) is 0. The van der Waals surface area contributed by atoms with Crippen LogP contribution in [-0.2, 0) is 17.4 Å². The van der Waals surface area contributed by atoms with E-state index in [-0.39, 0.29) is 10.6 Å². The molecule has 0 aliphatic heterocycles. The summed E-state index contributed by atoms with van der Waals surface area (Å²) < 4.78 is 29.7. The summed E-state index contributed by atoms with van der Waals surface area (Å²) in [6, 6.07) is 5.04.